The van der Waals surface area contributed by atoms with E-state index in [1.54, 1.807) is 19.1 Å². The predicted octanol–water partition coefficient (Wildman–Crippen LogP) is 3.39. The van der Waals surface area contributed by atoms with Gasteiger partial charge < -0.3 is 10.1 Å². The molecule has 0 aliphatic carbocycles. The highest BCUT2D eigenvalue weighted by molar-refractivity contribution is 9.10. The number of anilines is 1. The zero-order valence-corrected chi connectivity index (χ0v) is 12.6. The Balaban J connectivity index is 2.34. The smallest absolute Gasteiger partial charge is 0.259 e. The van der Waals surface area contributed by atoms with Gasteiger partial charge in [0.25, 0.3) is 5.91 Å². The van der Waals surface area contributed by atoms with E-state index in [0.717, 1.165) is 0 Å². The first kappa shape index (κ1) is 13.9. The minimum Gasteiger partial charge on any atom is -0.493 e. The van der Waals surface area contributed by atoms with Gasteiger partial charge >= 0.3 is 0 Å². The molecule has 5 nitrogen and oxygen atoms in total. The van der Waals surface area contributed by atoms with Gasteiger partial charge in [-0.25, -0.2) is 0 Å². The lowest BCUT2D eigenvalue weighted by Gasteiger charge is -2.12. The number of carbonyl (C=O) groups excluding carboxylic acids is 1. The molecule has 19 heavy (non-hydrogen) atoms. The Morgan fingerprint density at radius 3 is 2.84 bits per heavy atom. The number of amides is 1. The van der Waals surface area contributed by atoms with Crippen LogP contribution in [0.2, 0.25) is 5.02 Å². The average molecular weight is 345 g/mol. The third-order valence-electron chi connectivity index (χ3n) is 2.54. The summed E-state index contributed by atoms with van der Waals surface area (Å²) in [7, 11) is 1.52. The summed E-state index contributed by atoms with van der Waals surface area (Å²) in [5, 5.41) is 9.76. The maximum Gasteiger partial charge on any atom is 0.259 e. The summed E-state index contributed by atoms with van der Waals surface area (Å²) in [4.78, 5) is 12.1. The van der Waals surface area contributed by atoms with Crippen LogP contribution in [0.15, 0.2) is 22.8 Å². The van der Waals surface area contributed by atoms with Crippen LogP contribution in [-0.4, -0.2) is 23.2 Å². The third kappa shape index (κ3) is 2.90. The van der Waals surface area contributed by atoms with Gasteiger partial charge in [0.05, 0.1) is 29.0 Å². The van der Waals surface area contributed by atoms with Crippen LogP contribution in [0.3, 0.4) is 0 Å². The van der Waals surface area contributed by atoms with Crippen LogP contribution < -0.4 is 10.1 Å². The Hall–Kier alpha value is -1.53. The number of aromatic amines is 1. The summed E-state index contributed by atoms with van der Waals surface area (Å²) in [5.41, 5.74) is 1.66. The number of aryl methyl sites for hydroxylation is 1. The first-order valence-corrected chi connectivity index (χ1v) is 6.54. The molecule has 0 saturated heterocycles. The van der Waals surface area contributed by atoms with Gasteiger partial charge in [-0.05, 0) is 35.0 Å². The van der Waals surface area contributed by atoms with Gasteiger partial charge in [-0.2, -0.15) is 5.10 Å². The number of carbonyl (C=O) groups is 1. The Labute approximate surface area is 123 Å². The van der Waals surface area contributed by atoms with E-state index >= 15 is 0 Å². The lowest BCUT2D eigenvalue weighted by molar-refractivity contribution is 0.102. The molecule has 1 heterocycles. The summed E-state index contributed by atoms with van der Waals surface area (Å²) < 4.78 is 5.90. The Morgan fingerprint density at radius 1 is 1.53 bits per heavy atom. The van der Waals surface area contributed by atoms with Crippen LogP contribution in [0.1, 0.15) is 16.1 Å². The van der Waals surface area contributed by atoms with E-state index in [4.69, 9.17) is 16.3 Å². The van der Waals surface area contributed by atoms with Crippen molar-refractivity contribution in [2.24, 2.45) is 0 Å². The number of hydrogen-bond acceptors (Lipinski definition) is 3. The van der Waals surface area contributed by atoms with Crippen LogP contribution in [0.5, 0.6) is 5.75 Å². The van der Waals surface area contributed by atoms with Crippen molar-refractivity contribution in [2.45, 2.75) is 6.92 Å². The highest BCUT2D eigenvalue weighted by Gasteiger charge is 2.15. The quantitative estimate of drug-likeness (QED) is 0.897. The standard InChI is InChI=1S/C12H11BrClN3O2/c1-6-8(5-15-17-6)12(18)16-10-4-7(14)3-9(13)11(10)19-2/h3-5H,1-2H3,(H,15,17)(H,16,18). The predicted molar refractivity (Wildman–Crippen MR) is 77.0 cm³/mol. The van der Waals surface area contributed by atoms with Gasteiger partial charge in [0.1, 0.15) is 0 Å². The fourth-order valence-electron chi connectivity index (χ4n) is 1.63. The summed E-state index contributed by atoms with van der Waals surface area (Å²) in [6, 6.07) is 3.32. The molecule has 100 valence electrons. The second kappa shape index (κ2) is 5.63. The zero-order valence-electron chi connectivity index (χ0n) is 10.3. The van der Waals surface area contributed by atoms with E-state index in [2.05, 4.69) is 31.4 Å². The van der Waals surface area contributed by atoms with Gasteiger partial charge in [-0.15, -0.1) is 0 Å². The molecule has 2 aromatic rings. The van der Waals surface area contributed by atoms with Crippen molar-refractivity contribution in [1.82, 2.24) is 10.2 Å². The summed E-state index contributed by atoms with van der Waals surface area (Å²) in [5.74, 6) is 0.234. The minimum atomic E-state index is -0.279. The molecule has 0 spiro atoms. The van der Waals surface area contributed by atoms with E-state index in [1.165, 1.54) is 13.3 Å². The second-order valence-electron chi connectivity index (χ2n) is 3.83. The van der Waals surface area contributed by atoms with Crippen LogP contribution in [0.4, 0.5) is 5.69 Å². The van der Waals surface area contributed by atoms with Crippen molar-refractivity contribution < 1.29 is 9.53 Å². The minimum absolute atomic E-state index is 0.279. The summed E-state index contributed by atoms with van der Waals surface area (Å²) in [6.45, 7) is 1.77. The van der Waals surface area contributed by atoms with Gasteiger partial charge in [0, 0.05) is 10.7 Å². The molecule has 0 radical (unpaired) electrons. The first-order chi connectivity index (χ1) is 9.02. The van der Waals surface area contributed by atoms with Crippen molar-refractivity contribution in [3.8, 4) is 5.75 Å². The molecule has 0 saturated carbocycles. The normalized spacial score (nSPS) is 10.3. The zero-order chi connectivity index (χ0) is 14.0. The Bertz CT molecular complexity index is 627. The number of rotatable bonds is 3. The van der Waals surface area contributed by atoms with Gasteiger partial charge in [-0.3, -0.25) is 9.89 Å². The Morgan fingerprint density at radius 2 is 2.26 bits per heavy atom. The molecule has 2 N–H and O–H groups in total. The molecule has 1 amide bonds. The van der Waals surface area contributed by atoms with Crippen molar-refractivity contribution in [3.05, 3.63) is 39.1 Å². The van der Waals surface area contributed by atoms with E-state index in [0.29, 0.717) is 32.2 Å². The van der Waals surface area contributed by atoms with Crippen LogP contribution in [0, 0.1) is 6.92 Å². The number of benzene rings is 1. The number of nitrogens with zero attached hydrogens (tertiary/aromatic N) is 1. The fourth-order valence-corrected chi connectivity index (χ4v) is 2.60. The number of hydrogen-bond donors (Lipinski definition) is 2. The molecule has 1 aromatic heterocycles. The molecule has 7 heteroatoms. The van der Waals surface area contributed by atoms with E-state index < -0.39 is 0 Å². The number of aromatic nitrogens is 2. The Kier molecular flexibility index (Phi) is 4.11. The highest BCUT2D eigenvalue weighted by Crippen LogP contribution is 2.36. The van der Waals surface area contributed by atoms with Gasteiger partial charge in [-0.1, -0.05) is 11.6 Å². The molecule has 0 aliphatic heterocycles. The van der Waals surface area contributed by atoms with Gasteiger partial charge in [0.2, 0.25) is 0 Å². The molecule has 1 aromatic carbocycles. The number of ether oxygens (including phenoxy) is 1. The average Bonchev–Trinajstić information content (AvgIpc) is 2.75. The molecule has 0 unspecified atom stereocenters. The molecule has 2 rings (SSSR count). The van der Waals surface area contributed by atoms with E-state index in [9.17, 15) is 4.79 Å². The molecule has 0 fully saturated rings. The molecule has 0 aliphatic rings. The number of methoxy groups -OCH3 is 1. The maximum absolute atomic E-state index is 12.1. The van der Waals surface area contributed by atoms with Crippen molar-refractivity contribution >= 4 is 39.1 Å². The fraction of sp³-hybridized carbons (Fsp3) is 0.167. The maximum atomic E-state index is 12.1. The first-order valence-electron chi connectivity index (χ1n) is 5.37. The van der Waals surface area contributed by atoms with Crippen LogP contribution >= 0.6 is 27.5 Å². The van der Waals surface area contributed by atoms with E-state index in [1.807, 2.05) is 0 Å². The molecule has 0 atom stereocenters. The summed E-state index contributed by atoms with van der Waals surface area (Å²) >= 11 is 9.30. The monoisotopic (exact) mass is 343 g/mol. The van der Waals surface area contributed by atoms with Crippen molar-refractivity contribution in [3.63, 3.8) is 0 Å². The number of H-pyrrole nitrogens is 1. The topological polar surface area (TPSA) is 67.0 Å². The lowest BCUT2D eigenvalue weighted by atomic mass is 10.2. The molecular weight excluding hydrogens is 334 g/mol. The number of halogens is 2. The van der Waals surface area contributed by atoms with Crippen molar-refractivity contribution in [1.29, 1.82) is 0 Å². The van der Waals surface area contributed by atoms with Crippen LogP contribution in [0.25, 0.3) is 0 Å². The van der Waals surface area contributed by atoms with Crippen LogP contribution in [-0.2, 0) is 0 Å². The largest absolute Gasteiger partial charge is 0.493 e. The molecule has 0 bridgehead atoms. The lowest BCUT2D eigenvalue weighted by Crippen LogP contribution is -2.13. The van der Waals surface area contributed by atoms with Crippen molar-refractivity contribution in [2.75, 3.05) is 12.4 Å². The summed E-state index contributed by atoms with van der Waals surface area (Å²) in [6.07, 6.45) is 1.47. The SMILES string of the molecule is COc1c(Br)cc(Cl)cc1NC(=O)c1cn[nH]c1C. The van der Waals surface area contributed by atoms with Gasteiger partial charge in [0.15, 0.2) is 5.75 Å². The molecular formula is C12H11BrClN3O2. The van der Waals surface area contributed by atoms with E-state index in [-0.39, 0.29) is 5.91 Å². The third-order valence-corrected chi connectivity index (χ3v) is 3.34. The number of nitrogens with one attached hydrogen (secondary N) is 2. The highest BCUT2D eigenvalue weighted by atomic mass is 79.9. The second-order valence-corrected chi connectivity index (χ2v) is 5.12.